The van der Waals surface area contributed by atoms with Gasteiger partial charge in [0.2, 0.25) is 0 Å². The van der Waals surface area contributed by atoms with E-state index in [9.17, 15) is 9.50 Å². The fourth-order valence-corrected chi connectivity index (χ4v) is 2.24. The van der Waals surface area contributed by atoms with Crippen LogP contribution in [0.3, 0.4) is 0 Å². The lowest BCUT2D eigenvalue weighted by Crippen LogP contribution is -2.28. The van der Waals surface area contributed by atoms with Crippen molar-refractivity contribution in [3.05, 3.63) is 29.6 Å². The molecule has 1 N–H and O–H groups in total. The lowest BCUT2D eigenvalue weighted by Gasteiger charge is -2.27. The number of benzene rings is 1. The van der Waals surface area contributed by atoms with Crippen molar-refractivity contribution >= 4 is 5.69 Å². The Balaban J connectivity index is 2.19. The average molecular weight is 251 g/mol. The third-order valence-electron chi connectivity index (χ3n) is 3.46. The molecule has 1 saturated carbocycles. The van der Waals surface area contributed by atoms with Gasteiger partial charge in [-0.25, -0.2) is 4.39 Å². The Hall–Kier alpha value is -1.09. The number of anilines is 1. The SMILES string of the molecule is CC(C)CCN(c1ccc(F)cc1CO)C1CC1. The predicted molar refractivity (Wildman–Crippen MR) is 72.1 cm³/mol. The second-order valence-corrected chi connectivity index (χ2v) is 5.54. The largest absolute Gasteiger partial charge is 0.392 e. The van der Waals surface area contributed by atoms with E-state index in [2.05, 4.69) is 18.7 Å². The highest BCUT2D eigenvalue weighted by Crippen LogP contribution is 2.34. The minimum absolute atomic E-state index is 0.0992. The van der Waals surface area contributed by atoms with Crippen LogP contribution in [0.4, 0.5) is 10.1 Å². The first-order chi connectivity index (χ1) is 8.61. The van der Waals surface area contributed by atoms with E-state index in [-0.39, 0.29) is 12.4 Å². The minimum Gasteiger partial charge on any atom is -0.392 e. The molecule has 0 aliphatic heterocycles. The van der Waals surface area contributed by atoms with Gasteiger partial charge in [0.25, 0.3) is 0 Å². The molecule has 0 unspecified atom stereocenters. The van der Waals surface area contributed by atoms with Gasteiger partial charge in [-0.1, -0.05) is 13.8 Å². The molecule has 1 aliphatic rings. The number of aliphatic hydroxyl groups excluding tert-OH is 1. The molecule has 1 fully saturated rings. The molecule has 1 aromatic carbocycles. The molecule has 1 aromatic rings. The van der Waals surface area contributed by atoms with Crippen molar-refractivity contribution in [2.75, 3.05) is 11.4 Å². The van der Waals surface area contributed by atoms with Crippen LogP contribution in [0, 0.1) is 11.7 Å². The highest BCUT2D eigenvalue weighted by molar-refractivity contribution is 5.55. The molecule has 3 heteroatoms. The summed E-state index contributed by atoms with van der Waals surface area (Å²) >= 11 is 0. The predicted octanol–water partition coefficient (Wildman–Crippen LogP) is 3.33. The Labute approximate surface area is 108 Å². The monoisotopic (exact) mass is 251 g/mol. The Bertz CT molecular complexity index is 401. The first-order valence-electron chi connectivity index (χ1n) is 6.77. The number of nitrogens with zero attached hydrogens (tertiary/aromatic N) is 1. The zero-order chi connectivity index (χ0) is 13.1. The normalized spacial score (nSPS) is 15.2. The molecule has 2 rings (SSSR count). The van der Waals surface area contributed by atoms with Crippen molar-refractivity contribution in [1.29, 1.82) is 0 Å². The molecule has 0 spiro atoms. The molecule has 0 atom stereocenters. The summed E-state index contributed by atoms with van der Waals surface area (Å²) in [5, 5.41) is 9.38. The third kappa shape index (κ3) is 3.22. The van der Waals surface area contributed by atoms with Crippen LogP contribution >= 0.6 is 0 Å². The van der Waals surface area contributed by atoms with Gasteiger partial charge in [-0.3, -0.25) is 0 Å². The van der Waals surface area contributed by atoms with E-state index < -0.39 is 0 Å². The van der Waals surface area contributed by atoms with Crippen molar-refractivity contribution in [3.8, 4) is 0 Å². The van der Waals surface area contributed by atoms with E-state index in [0.29, 0.717) is 17.5 Å². The van der Waals surface area contributed by atoms with Gasteiger partial charge in [-0.05, 0) is 43.4 Å². The molecule has 18 heavy (non-hydrogen) atoms. The van der Waals surface area contributed by atoms with Gasteiger partial charge in [0.05, 0.1) is 6.61 Å². The van der Waals surface area contributed by atoms with Crippen molar-refractivity contribution in [3.63, 3.8) is 0 Å². The van der Waals surface area contributed by atoms with Gasteiger partial charge >= 0.3 is 0 Å². The summed E-state index contributed by atoms with van der Waals surface area (Å²) in [7, 11) is 0. The molecular weight excluding hydrogens is 229 g/mol. The Morgan fingerprint density at radius 2 is 2.11 bits per heavy atom. The van der Waals surface area contributed by atoms with Gasteiger partial charge in [0.1, 0.15) is 5.82 Å². The maximum Gasteiger partial charge on any atom is 0.123 e. The standard InChI is InChI=1S/C15H22FNO/c1-11(2)7-8-17(14-4-5-14)15-6-3-13(16)9-12(15)10-18/h3,6,9,11,14,18H,4-5,7-8,10H2,1-2H3. The van der Waals surface area contributed by atoms with E-state index in [0.717, 1.165) is 18.7 Å². The number of hydrogen-bond donors (Lipinski definition) is 1. The second-order valence-electron chi connectivity index (χ2n) is 5.54. The van der Waals surface area contributed by atoms with Crippen LogP contribution in [0.2, 0.25) is 0 Å². The van der Waals surface area contributed by atoms with Gasteiger partial charge in [-0.15, -0.1) is 0 Å². The first kappa shape index (κ1) is 13.3. The summed E-state index contributed by atoms with van der Waals surface area (Å²) in [4.78, 5) is 2.34. The molecule has 0 amide bonds. The zero-order valence-corrected chi connectivity index (χ0v) is 11.2. The molecule has 0 saturated heterocycles. The summed E-state index contributed by atoms with van der Waals surface area (Å²) in [5.74, 6) is 0.381. The number of aliphatic hydroxyl groups is 1. The van der Waals surface area contributed by atoms with Crippen molar-refractivity contribution in [2.24, 2.45) is 5.92 Å². The third-order valence-corrected chi connectivity index (χ3v) is 3.46. The van der Waals surface area contributed by atoms with Crippen LogP contribution in [0.1, 0.15) is 38.7 Å². The average Bonchev–Trinajstić information content (AvgIpc) is 3.15. The topological polar surface area (TPSA) is 23.5 Å². The van der Waals surface area contributed by atoms with Crippen LogP contribution in [0.25, 0.3) is 0 Å². The Morgan fingerprint density at radius 1 is 1.39 bits per heavy atom. The van der Waals surface area contributed by atoms with E-state index in [1.165, 1.54) is 25.0 Å². The van der Waals surface area contributed by atoms with Crippen LogP contribution in [-0.4, -0.2) is 17.7 Å². The summed E-state index contributed by atoms with van der Waals surface area (Å²) in [6.07, 6.45) is 3.54. The molecule has 0 aromatic heterocycles. The van der Waals surface area contributed by atoms with Gasteiger partial charge in [0, 0.05) is 23.8 Å². The first-order valence-corrected chi connectivity index (χ1v) is 6.77. The van der Waals surface area contributed by atoms with Crippen LogP contribution in [-0.2, 0) is 6.61 Å². The van der Waals surface area contributed by atoms with E-state index in [1.807, 2.05) is 0 Å². The lowest BCUT2D eigenvalue weighted by molar-refractivity contribution is 0.281. The van der Waals surface area contributed by atoms with E-state index in [1.54, 1.807) is 6.07 Å². The van der Waals surface area contributed by atoms with Crippen LogP contribution in [0.5, 0.6) is 0 Å². The lowest BCUT2D eigenvalue weighted by atomic mass is 10.1. The quantitative estimate of drug-likeness (QED) is 0.838. The minimum atomic E-state index is -0.276. The summed E-state index contributed by atoms with van der Waals surface area (Å²) in [5.41, 5.74) is 1.70. The summed E-state index contributed by atoms with van der Waals surface area (Å²) < 4.78 is 13.2. The van der Waals surface area contributed by atoms with Gasteiger partial charge in [0.15, 0.2) is 0 Å². The maximum absolute atomic E-state index is 13.2. The highest BCUT2D eigenvalue weighted by Gasteiger charge is 2.30. The second kappa shape index (κ2) is 5.70. The zero-order valence-electron chi connectivity index (χ0n) is 11.2. The molecule has 0 bridgehead atoms. The van der Waals surface area contributed by atoms with E-state index >= 15 is 0 Å². The molecule has 1 aliphatic carbocycles. The Morgan fingerprint density at radius 3 is 2.67 bits per heavy atom. The van der Waals surface area contributed by atoms with Crippen molar-refractivity contribution < 1.29 is 9.50 Å². The fraction of sp³-hybridized carbons (Fsp3) is 0.600. The van der Waals surface area contributed by atoms with Gasteiger partial charge < -0.3 is 10.0 Å². The number of hydrogen-bond acceptors (Lipinski definition) is 2. The molecule has 100 valence electrons. The smallest absolute Gasteiger partial charge is 0.123 e. The number of halogens is 1. The van der Waals surface area contributed by atoms with Crippen LogP contribution < -0.4 is 4.90 Å². The van der Waals surface area contributed by atoms with Crippen molar-refractivity contribution in [1.82, 2.24) is 0 Å². The molecule has 0 heterocycles. The molecular formula is C15H22FNO. The summed E-state index contributed by atoms with van der Waals surface area (Å²) in [6.45, 7) is 5.31. The van der Waals surface area contributed by atoms with Crippen molar-refractivity contribution in [2.45, 2.75) is 45.8 Å². The van der Waals surface area contributed by atoms with Crippen LogP contribution in [0.15, 0.2) is 18.2 Å². The Kier molecular flexibility index (Phi) is 4.23. The van der Waals surface area contributed by atoms with E-state index in [4.69, 9.17) is 0 Å². The number of rotatable bonds is 6. The van der Waals surface area contributed by atoms with Gasteiger partial charge in [-0.2, -0.15) is 0 Å². The summed E-state index contributed by atoms with van der Waals surface area (Å²) in [6, 6.07) is 5.32. The maximum atomic E-state index is 13.2. The molecule has 2 nitrogen and oxygen atoms in total. The highest BCUT2D eigenvalue weighted by atomic mass is 19.1. The molecule has 0 radical (unpaired) electrons. The fourth-order valence-electron chi connectivity index (χ4n) is 2.24.